The number of hydrogen-bond donors (Lipinski definition) is 0. The van der Waals surface area contributed by atoms with Crippen molar-refractivity contribution in [3.63, 3.8) is 0 Å². The molecule has 0 bridgehead atoms. The molecule has 0 saturated heterocycles. The lowest BCUT2D eigenvalue weighted by atomic mass is 9.88. The van der Waals surface area contributed by atoms with Gasteiger partial charge in [0.2, 0.25) is 0 Å². The van der Waals surface area contributed by atoms with Crippen LogP contribution in [0.2, 0.25) is 0 Å². The van der Waals surface area contributed by atoms with Gasteiger partial charge in [-0.15, -0.1) is 0 Å². The Labute approximate surface area is 120 Å². The van der Waals surface area contributed by atoms with E-state index in [1.54, 1.807) is 11.2 Å². The average molecular weight is 268 g/mol. The molecule has 3 nitrogen and oxygen atoms in total. The summed E-state index contributed by atoms with van der Waals surface area (Å²) in [5.74, 6) is 0.158. The zero-order valence-corrected chi connectivity index (χ0v) is 12.0. The van der Waals surface area contributed by atoms with Crippen LogP contribution in [0.25, 0.3) is 6.08 Å². The van der Waals surface area contributed by atoms with E-state index in [1.807, 2.05) is 56.6 Å². The molecule has 0 aromatic heterocycles. The highest BCUT2D eigenvalue weighted by atomic mass is 16.1. The van der Waals surface area contributed by atoms with Gasteiger partial charge in [0.25, 0.3) is 0 Å². The highest BCUT2D eigenvalue weighted by Crippen LogP contribution is 2.26. The average Bonchev–Trinajstić information content (AvgIpc) is 2.44. The van der Waals surface area contributed by atoms with E-state index in [4.69, 9.17) is 0 Å². The SMILES string of the molecule is CN(C)N=CC=C1CCCC(=Cc2ccccc2)C1=O. The van der Waals surface area contributed by atoms with Crippen LogP contribution in [0.15, 0.2) is 52.7 Å². The van der Waals surface area contributed by atoms with Gasteiger partial charge in [-0.3, -0.25) is 4.79 Å². The molecule has 0 spiro atoms. The summed E-state index contributed by atoms with van der Waals surface area (Å²) in [6.45, 7) is 0. The fraction of sp³-hybridized carbons (Fsp3) is 0.294. The summed E-state index contributed by atoms with van der Waals surface area (Å²) in [5, 5.41) is 5.84. The zero-order valence-electron chi connectivity index (χ0n) is 12.0. The van der Waals surface area contributed by atoms with Crippen molar-refractivity contribution in [1.29, 1.82) is 0 Å². The van der Waals surface area contributed by atoms with Gasteiger partial charge < -0.3 is 5.01 Å². The third-order valence-corrected chi connectivity index (χ3v) is 3.19. The minimum Gasteiger partial charge on any atom is -0.303 e. The second-order valence-electron chi connectivity index (χ2n) is 5.07. The maximum Gasteiger partial charge on any atom is 0.185 e. The molecule has 104 valence electrons. The van der Waals surface area contributed by atoms with Gasteiger partial charge in [-0.25, -0.2) is 0 Å². The first kappa shape index (κ1) is 14.3. The zero-order chi connectivity index (χ0) is 14.4. The van der Waals surface area contributed by atoms with E-state index in [0.717, 1.165) is 36.0 Å². The number of ketones is 1. The van der Waals surface area contributed by atoms with Crippen LogP contribution < -0.4 is 0 Å². The molecule has 3 heteroatoms. The molecule has 20 heavy (non-hydrogen) atoms. The Morgan fingerprint density at radius 1 is 1.10 bits per heavy atom. The van der Waals surface area contributed by atoms with Gasteiger partial charge in [0.1, 0.15) is 0 Å². The molecule has 0 N–H and O–H groups in total. The molecule has 0 atom stereocenters. The molecule has 1 fully saturated rings. The summed E-state index contributed by atoms with van der Waals surface area (Å²) in [5.41, 5.74) is 2.83. The Kier molecular flexibility index (Phi) is 4.88. The first-order chi connectivity index (χ1) is 9.66. The van der Waals surface area contributed by atoms with Crippen LogP contribution in [-0.4, -0.2) is 31.1 Å². The number of rotatable bonds is 3. The lowest BCUT2D eigenvalue weighted by molar-refractivity contribution is -0.112. The largest absolute Gasteiger partial charge is 0.303 e. The van der Waals surface area contributed by atoms with Crippen LogP contribution in [0, 0.1) is 0 Å². The van der Waals surface area contributed by atoms with E-state index in [0.29, 0.717) is 0 Å². The van der Waals surface area contributed by atoms with Crippen LogP contribution in [0.4, 0.5) is 0 Å². The molecule has 0 aliphatic heterocycles. The van der Waals surface area contributed by atoms with E-state index in [1.165, 1.54) is 0 Å². The molecule has 0 amide bonds. The van der Waals surface area contributed by atoms with Gasteiger partial charge >= 0.3 is 0 Å². The first-order valence-electron chi connectivity index (χ1n) is 6.87. The van der Waals surface area contributed by atoms with Gasteiger partial charge in [0.15, 0.2) is 5.78 Å². The third kappa shape index (κ3) is 3.92. The second-order valence-corrected chi connectivity index (χ2v) is 5.07. The number of nitrogens with zero attached hydrogens (tertiary/aromatic N) is 2. The number of hydrogen-bond acceptors (Lipinski definition) is 3. The monoisotopic (exact) mass is 268 g/mol. The van der Waals surface area contributed by atoms with E-state index in [9.17, 15) is 4.79 Å². The van der Waals surface area contributed by atoms with Gasteiger partial charge in [-0.05, 0) is 37.0 Å². The van der Waals surface area contributed by atoms with Crippen molar-refractivity contribution in [2.45, 2.75) is 19.3 Å². The van der Waals surface area contributed by atoms with Crippen LogP contribution in [-0.2, 0) is 4.79 Å². The number of carbonyl (C=O) groups excluding carboxylic acids is 1. The van der Waals surface area contributed by atoms with Crippen LogP contribution in [0.5, 0.6) is 0 Å². The second kappa shape index (κ2) is 6.85. The van der Waals surface area contributed by atoms with Crippen molar-refractivity contribution in [1.82, 2.24) is 5.01 Å². The van der Waals surface area contributed by atoms with Crippen LogP contribution in [0.3, 0.4) is 0 Å². The third-order valence-electron chi connectivity index (χ3n) is 3.19. The summed E-state index contributed by atoms with van der Waals surface area (Å²) >= 11 is 0. The van der Waals surface area contributed by atoms with Crippen molar-refractivity contribution in [2.75, 3.05) is 14.1 Å². The molecule has 1 aliphatic rings. The molecular weight excluding hydrogens is 248 g/mol. The highest BCUT2D eigenvalue weighted by molar-refractivity contribution is 6.13. The number of benzene rings is 1. The summed E-state index contributed by atoms with van der Waals surface area (Å²) in [6, 6.07) is 9.99. The first-order valence-corrected chi connectivity index (χ1v) is 6.87. The van der Waals surface area contributed by atoms with E-state index < -0.39 is 0 Å². The smallest absolute Gasteiger partial charge is 0.185 e. The van der Waals surface area contributed by atoms with Crippen molar-refractivity contribution in [3.05, 3.63) is 53.1 Å². The molecule has 1 saturated carbocycles. The van der Waals surface area contributed by atoms with Gasteiger partial charge in [-0.1, -0.05) is 30.3 Å². The number of carbonyl (C=O) groups is 1. The Morgan fingerprint density at radius 2 is 1.80 bits per heavy atom. The molecule has 0 heterocycles. The molecule has 1 aromatic rings. The quantitative estimate of drug-likeness (QED) is 0.478. The van der Waals surface area contributed by atoms with Gasteiger partial charge in [0, 0.05) is 31.5 Å². The minimum absolute atomic E-state index is 0.158. The van der Waals surface area contributed by atoms with E-state index >= 15 is 0 Å². The maximum absolute atomic E-state index is 12.4. The van der Waals surface area contributed by atoms with E-state index in [2.05, 4.69) is 5.10 Å². The lowest BCUT2D eigenvalue weighted by Crippen LogP contribution is -2.12. The van der Waals surface area contributed by atoms with Crippen LogP contribution >= 0.6 is 0 Å². The predicted octanol–water partition coefficient (Wildman–Crippen LogP) is 3.30. The van der Waals surface area contributed by atoms with Gasteiger partial charge in [0.05, 0.1) is 0 Å². The van der Waals surface area contributed by atoms with Crippen molar-refractivity contribution >= 4 is 18.1 Å². The highest BCUT2D eigenvalue weighted by Gasteiger charge is 2.19. The molecule has 0 radical (unpaired) electrons. The molecule has 1 aromatic carbocycles. The summed E-state index contributed by atoms with van der Waals surface area (Å²) < 4.78 is 0. The Hall–Kier alpha value is -2.16. The Bertz CT molecular complexity index is 554. The Morgan fingerprint density at radius 3 is 2.50 bits per heavy atom. The maximum atomic E-state index is 12.4. The number of Topliss-reactive ketones (excluding diaryl/α,β-unsaturated/α-hetero) is 1. The molecule has 1 aliphatic carbocycles. The van der Waals surface area contributed by atoms with Crippen molar-refractivity contribution in [2.24, 2.45) is 5.10 Å². The number of hydrazone groups is 1. The Balaban J connectivity index is 2.17. The predicted molar refractivity (Wildman–Crippen MR) is 83.5 cm³/mol. The number of allylic oxidation sites excluding steroid dienone is 3. The topological polar surface area (TPSA) is 32.7 Å². The molecule has 2 rings (SSSR count). The van der Waals surface area contributed by atoms with Crippen LogP contribution in [0.1, 0.15) is 24.8 Å². The van der Waals surface area contributed by atoms with Crippen molar-refractivity contribution < 1.29 is 4.79 Å². The van der Waals surface area contributed by atoms with E-state index in [-0.39, 0.29) is 5.78 Å². The van der Waals surface area contributed by atoms with Gasteiger partial charge in [-0.2, -0.15) is 5.10 Å². The molecular formula is C17H20N2O. The molecule has 0 unspecified atom stereocenters. The summed E-state index contributed by atoms with van der Waals surface area (Å²) in [6.07, 6.45) is 8.24. The minimum atomic E-state index is 0.158. The fourth-order valence-electron chi connectivity index (χ4n) is 2.21. The standard InChI is InChI=1S/C17H20N2O/c1-19(2)18-12-11-15-9-6-10-16(17(15)20)13-14-7-4-3-5-8-14/h3-5,7-8,11-13H,6,9-10H2,1-2H3. The van der Waals surface area contributed by atoms with Crippen molar-refractivity contribution in [3.8, 4) is 0 Å². The summed E-state index contributed by atoms with van der Waals surface area (Å²) in [7, 11) is 3.72. The normalized spacial score (nSPS) is 20.0. The summed E-state index contributed by atoms with van der Waals surface area (Å²) in [4.78, 5) is 12.4. The lowest BCUT2D eigenvalue weighted by Gasteiger charge is -2.16. The fourth-order valence-corrected chi connectivity index (χ4v) is 2.21.